The van der Waals surface area contributed by atoms with Crippen molar-refractivity contribution in [2.75, 3.05) is 44.2 Å². The standard InChI is InChI=1S/C21H32N4O2/c26-21(27)20(25-14-8-18(9-15-25)23-10-4-5-11-23)17-6-7-19(22-16-17)24-12-2-1-3-13-24/h6-7,16,18,20H,1-5,8-15H2,(H,26,27). The lowest BCUT2D eigenvalue weighted by atomic mass is 9.99. The predicted octanol–water partition coefficient (Wildman–Crippen LogP) is 2.76. The zero-order valence-electron chi connectivity index (χ0n) is 16.2. The van der Waals surface area contributed by atoms with Gasteiger partial charge in [-0.1, -0.05) is 6.07 Å². The fourth-order valence-corrected chi connectivity index (χ4v) is 4.99. The number of nitrogens with zero attached hydrogens (tertiary/aromatic N) is 4. The number of rotatable bonds is 5. The first-order valence-corrected chi connectivity index (χ1v) is 10.6. The summed E-state index contributed by atoms with van der Waals surface area (Å²) in [5, 5.41) is 9.88. The minimum Gasteiger partial charge on any atom is -0.480 e. The van der Waals surface area contributed by atoms with E-state index < -0.39 is 12.0 Å². The van der Waals surface area contributed by atoms with Crippen LogP contribution in [0.15, 0.2) is 18.3 Å². The van der Waals surface area contributed by atoms with Gasteiger partial charge >= 0.3 is 5.97 Å². The molecule has 0 bridgehead atoms. The van der Waals surface area contributed by atoms with E-state index in [9.17, 15) is 9.90 Å². The molecule has 3 aliphatic rings. The molecule has 1 aromatic heterocycles. The second kappa shape index (κ2) is 8.57. The van der Waals surface area contributed by atoms with Crippen molar-refractivity contribution in [3.63, 3.8) is 0 Å². The number of hydrogen-bond donors (Lipinski definition) is 1. The van der Waals surface area contributed by atoms with Gasteiger partial charge in [-0.25, -0.2) is 4.98 Å². The average molecular weight is 373 g/mol. The molecule has 148 valence electrons. The molecule has 0 aromatic carbocycles. The number of carbonyl (C=O) groups is 1. The van der Waals surface area contributed by atoms with Crippen molar-refractivity contribution >= 4 is 11.8 Å². The number of aliphatic carboxylic acids is 1. The highest BCUT2D eigenvalue weighted by molar-refractivity contribution is 5.75. The predicted molar refractivity (Wildman–Crippen MR) is 106 cm³/mol. The Morgan fingerprint density at radius 3 is 2.22 bits per heavy atom. The van der Waals surface area contributed by atoms with Gasteiger partial charge in [-0.05, 0) is 69.7 Å². The van der Waals surface area contributed by atoms with E-state index in [1.807, 2.05) is 12.1 Å². The summed E-state index contributed by atoms with van der Waals surface area (Å²) in [5.41, 5.74) is 0.808. The van der Waals surface area contributed by atoms with Crippen LogP contribution in [0.4, 0.5) is 5.82 Å². The van der Waals surface area contributed by atoms with Crippen molar-refractivity contribution in [1.82, 2.24) is 14.8 Å². The molecule has 1 unspecified atom stereocenters. The summed E-state index contributed by atoms with van der Waals surface area (Å²) in [6, 6.07) is 4.04. The van der Waals surface area contributed by atoms with Crippen molar-refractivity contribution in [2.24, 2.45) is 0 Å². The van der Waals surface area contributed by atoms with E-state index in [0.717, 1.165) is 50.4 Å². The molecule has 0 radical (unpaired) electrons. The molecule has 6 nitrogen and oxygen atoms in total. The molecular weight excluding hydrogens is 340 g/mol. The smallest absolute Gasteiger partial charge is 0.325 e. The maximum atomic E-state index is 12.0. The zero-order valence-corrected chi connectivity index (χ0v) is 16.2. The molecule has 27 heavy (non-hydrogen) atoms. The van der Waals surface area contributed by atoms with Crippen molar-refractivity contribution in [3.8, 4) is 0 Å². The van der Waals surface area contributed by atoms with E-state index in [1.165, 1.54) is 45.2 Å². The monoisotopic (exact) mass is 372 g/mol. The Hall–Kier alpha value is -1.66. The van der Waals surface area contributed by atoms with Gasteiger partial charge in [0.05, 0.1) is 0 Å². The number of aromatic nitrogens is 1. The topological polar surface area (TPSA) is 59.9 Å². The van der Waals surface area contributed by atoms with Gasteiger partial charge < -0.3 is 14.9 Å². The molecule has 0 amide bonds. The summed E-state index contributed by atoms with van der Waals surface area (Å²) in [6.45, 7) is 6.25. The lowest BCUT2D eigenvalue weighted by molar-refractivity contribution is -0.144. The van der Waals surface area contributed by atoms with Gasteiger partial charge in [0.1, 0.15) is 11.9 Å². The van der Waals surface area contributed by atoms with Crippen LogP contribution in [0, 0.1) is 0 Å². The van der Waals surface area contributed by atoms with Crippen LogP contribution in [0.5, 0.6) is 0 Å². The third-order valence-corrected chi connectivity index (χ3v) is 6.52. The third kappa shape index (κ3) is 4.27. The first-order chi connectivity index (χ1) is 13.2. The van der Waals surface area contributed by atoms with Crippen LogP contribution in [0.1, 0.15) is 56.6 Å². The Kier molecular flexibility index (Phi) is 5.93. The highest BCUT2D eigenvalue weighted by Gasteiger charge is 2.33. The third-order valence-electron chi connectivity index (χ3n) is 6.52. The van der Waals surface area contributed by atoms with Crippen molar-refractivity contribution in [2.45, 2.75) is 57.0 Å². The Morgan fingerprint density at radius 1 is 0.963 bits per heavy atom. The molecule has 1 aromatic rings. The van der Waals surface area contributed by atoms with E-state index in [-0.39, 0.29) is 0 Å². The van der Waals surface area contributed by atoms with E-state index >= 15 is 0 Å². The summed E-state index contributed by atoms with van der Waals surface area (Å²) < 4.78 is 0. The second-order valence-corrected chi connectivity index (χ2v) is 8.25. The largest absolute Gasteiger partial charge is 0.480 e. The van der Waals surface area contributed by atoms with Gasteiger partial charge in [0.2, 0.25) is 0 Å². The Balaban J connectivity index is 1.41. The van der Waals surface area contributed by atoms with Gasteiger partial charge in [0.25, 0.3) is 0 Å². The average Bonchev–Trinajstić information content (AvgIpc) is 3.25. The first kappa shape index (κ1) is 18.7. The summed E-state index contributed by atoms with van der Waals surface area (Å²) in [5.74, 6) is 0.220. The Bertz CT molecular complexity index is 616. The highest BCUT2D eigenvalue weighted by Crippen LogP contribution is 2.29. The number of hydrogen-bond acceptors (Lipinski definition) is 5. The van der Waals surface area contributed by atoms with Crippen LogP contribution in [0.25, 0.3) is 0 Å². The molecule has 4 rings (SSSR count). The quantitative estimate of drug-likeness (QED) is 0.858. The van der Waals surface area contributed by atoms with Gasteiger partial charge in [-0.3, -0.25) is 9.69 Å². The molecule has 3 saturated heterocycles. The molecule has 1 atom stereocenters. The van der Waals surface area contributed by atoms with E-state index in [1.54, 1.807) is 6.20 Å². The fraction of sp³-hybridized carbons (Fsp3) is 0.714. The van der Waals surface area contributed by atoms with Crippen LogP contribution < -0.4 is 4.90 Å². The van der Waals surface area contributed by atoms with E-state index in [4.69, 9.17) is 0 Å². The van der Waals surface area contributed by atoms with Crippen molar-refractivity contribution in [3.05, 3.63) is 23.9 Å². The number of carboxylic acids is 1. The first-order valence-electron chi connectivity index (χ1n) is 10.6. The molecule has 3 aliphatic heterocycles. The number of anilines is 1. The molecule has 0 spiro atoms. The zero-order chi connectivity index (χ0) is 18.6. The molecule has 0 aliphatic carbocycles. The fourth-order valence-electron chi connectivity index (χ4n) is 4.99. The van der Waals surface area contributed by atoms with Gasteiger partial charge in [-0.15, -0.1) is 0 Å². The Morgan fingerprint density at radius 2 is 1.63 bits per heavy atom. The minimum atomic E-state index is -0.762. The van der Waals surface area contributed by atoms with Gasteiger partial charge in [-0.2, -0.15) is 0 Å². The molecule has 3 fully saturated rings. The van der Waals surface area contributed by atoms with Gasteiger partial charge in [0.15, 0.2) is 0 Å². The molecular formula is C21H32N4O2. The molecule has 0 saturated carbocycles. The highest BCUT2D eigenvalue weighted by atomic mass is 16.4. The SMILES string of the molecule is O=C(O)C(c1ccc(N2CCCCC2)nc1)N1CCC(N2CCCC2)CC1. The summed E-state index contributed by atoms with van der Waals surface area (Å²) in [4.78, 5) is 23.7. The lowest BCUT2D eigenvalue weighted by Gasteiger charge is -2.39. The number of pyridine rings is 1. The Labute approximate surface area is 162 Å². The van der Waals surface area contributed by atoms with E-state index in [0.29, 0.717) is 6.04 Å². The van der Waals surface area contributed by atoms with Crippen LogP contribution in [0.2, 0.25) is 0 Å². The number of piperidine rings is 2. The van der Waals surface area contributed by atoms with E-state index in [2.05, 4.69) is 19.7 Å². The summed E-state index contributed by atoms with van der Waals surface area (Å²) in [7, 11) is 0. The second-order valence-electron chi connectivity index (χ2n) is 8.25. The maximum Gasteiger partial charge on any atom is 0.325 e. The number of carboxylic acid groups (broad SMARTS) is 1. The van der Waals surface area contributed by atoms with Crippen LogP contribution in [-0.4, -0.2) is 71.2 Å². The summed E-state index contributed by atoms with van der Waals surface area (Å²) in [6.07, 6.45) is 10.3. The van der Waals surface area contributed by atoms with Crippen LogP contribution in [-0.2, 0) is 4.79 Å². The normalized spacial score (nSPS) is 24.2. The molecule has 4 heterocycles. The maximum absolute atomic E-state index is 12.0. The minimum absolute atomic E-state index is 0.576. The van der Waals surface area contributed by atoms with Crippen LogP contribution >= 0.6 is 0 Å². The van der Waals surface area contributed by atoms with Crippen LogP contribution in [0.3, 0.4) is 0 Å². The summed E-state index contributed by atoms with van der Waals surface area (Å²) >= 11 is 0. The lowest BCUT2D eigenvalue weighted by Crippen LogP contribution is -2.46. The van der Waals surface area contributed by atoms with Gasteiger partial charge in [0, 0.05) is 38.4 Å². The van der Waals surface area contributed by atoms with Crippen molar-refractivity contribution in [1.29, 1.82) is 0 Å². The molecule has 1 N–H and O–H groups in total. The molecule has 6 heteroatoms. The van der Waals surface area contributed by atoms with Crippen molar-refractivity contribution < 1.29 is 9.90 Å². The number of likely N-dealkylation sites (tertiary alicyclic amines) is 2.